The van der Waals surface area contributed by atoms with E-state index in [1.54, 1.807) is 30.4 Å². The van der Waals surface area contributed by atoms with Crippen LogP contribution in [-0.4, -0.2) is 37.1 Å². The molecular weight excluding hydrogens is 414 g/mol. The molecule has 0 bridgehead atoms. The molecule has 8 heteroatoms. The van der Waals surface area contributed by atoms with Gasteiger partial charge in [-0.15, -0.1) is 5.10 Å². The van der Waals surface area contributed by atoms with E-state index in [-0.39, 0.29) is 0 Å². The lowest BCUT2D eigenvalue weighted by molar-refractivity contribution is 0.415. The topological polar surface area (TPSA) is 90.6 Å². The molecule has 0 aliphatic heterocycles. The Hall–Kier alpha value is -4.59. The number of nitrogens with zero attached hydrogens (tertiary/aromatic N) is 6. The Bertz CT molecular complexity index is 1400. The zero-order valence-electron chi connectivity index (χ0n) is 18.2. The van der Waals surface area contributed by atoms with Crippen molar-refractivity contribution in [1.82, 2.24) is 29.9 Å². The van der Waals surface area contributed by atoms with Gasteiger partial charge in [-0.3, -0.25) is 4.98 Å². The van der Waals surface area contributed by atoms with Crippen LogP contribution >= 0.6 is 0 Å². The first-order valence-corrected chi connectivity index (χ1v) is 10.4. The fourth-order valence-electron chi connectivity index (χ4n) is 3.41. The first-order valence-electron chi connectivity index (χ1n) is 10.4. The number of aromatic nitrogens is 6. The molecule has 5 aromatic rings. The van der Waals surface area contributed by atoms with E-state index in [9.17, 15) is 0 Å². The van der Waals surface area contributed by atoms with Crippen molar-refractivity contribution in [1.29, 1.82) is 0 Å². The molecule has 0 unspecified atom stereocenters. The van der Waals surface area contributed by atoms with Crippen LogP contribution < -0.4 is 10.1 Å². The van der Waals surface area contributed by atoms with Crippen LogP contribution in [0.15, 0.2) is 85.5 Å². The van der Waals surface area contributed by atoms with E-state index < -0.39 is 0 Å². The maximum atomic E-state index is 5.31. The number of benzene rings is 2. The minimum absolute atomic E-state index is 0.507. The summed E-state index contributed by atoms with van der Waals surface area (Å²) in [5, 5.41) is 12.0. The minimum Gasteiger partial charge on any atom is -0.497 e. The number of methoxy groups -OCH3 is 1. The predicted octanol–water partition coefficient (Wildman–Crippen LogP) is 4.85. The first kappa shape index (κ1) is 20.3. The molecule has 0 amide bonds. The number of anilines is 2. The summed E-state index contributed by atoms with van der Waals surface area (Å²) in [5.74, 6) is 1.28. The van der Waals surface area contributed by atoms with Crippen LogP contribution in [0.4, 0.5) is 11.6 Å². The van der Waals surface area contributed by atoms with Gasteiger partial charge in [0.2, 0.25) is 5.95 Å². The Kier molecular flexibility index (Phi) is 5.47. The van der Waals surface area contributed by atoms with E-state index in [0.717, 1.165) is 45.2 Å². The fraction of sp³-hybridized carbons (Fsp3) is 0.0800. The van der Waals surface area contributed by atoms with Gasteiger partial charge in [0.15, 0.2) is 0 Å². The van der Waals surface area contributed by atoms with Crippen molar-refractivity contribution in [3.63, 3.8) is 0 Å². The zero-order valence-corrected chi connectivity index (χ0v) is 18.2. The molecule has 5 rings (SSSR count). The van der Waals surface area contributed by atoms with Crippen molar-refractivity contribution < 1.29 is 4.74 Å². The average molecular weight is 435 g/mol. The summed E-state index contributed by atoms with van der Waals surface area (Å²) in [6, 6.07) is 19.5. The maximum absolute atomic E-state index is 5.31. The van der Waals surface area contributed by atoms with Gasteiger partial charge in [0.25, 0.3) is 0 Å². The van der Waals surface area contributed by atoms with Crippen molar-refractivity contribution in [2.24, 2.45) is 0 Å². The predicted molar refractivity (Wildman–Crippen MR) is 127 cm³/mol. The van der Waals surface area contributed by atoms with Crippen molar-refractivity contribution in [3.8, 4) is 34.0 Å². The normalized spacial score (nSPS) is 10.7. The van der Waals surface area contributed by atoms with Crippen LogP contribution in [0.25, 0.3) is 28.2 Å². The van der Waals surface area contributed by atoms with Gasteiger partial charge < -0.3 is 10.1 Å². The zero-order chi connectivity index (χ0) is 22.6. The van der Waals surface area contributed by atoms with Gasteiger partial charge in [-0.05, 0) is 55.0 Å². The Labute approximate surface area is 191 Å². The summed E-state index contributed by atoms with van der Waals surface area (Å²) >= 11 is 0. The molecule has 0 atom stereocenters. The standard InChI is InChI=1S/C25H21N7O/c1-17-8-9-20(32-16-24(30-31-32)18-5-3-7-21(13-18)33-2)14-23(17)29-25-27-12-10-22(28-25)19-6-4-11-26-15-19/h3-16H,1-2H3,(H,27,28,29). The number of hydrogen-bond acceptors (Lipinski definition) is 7. The van der Waals surface area contributed by atoms with Gasteiger partial charge in [0.05, 0.1) is 24.7 Å². The highest BCUT2D eigenvalue weighted by Crippen LogP contribution is 2.26. The van der Waals surface area contributed by atoms with Crippen molar-refractivity contribution >= 4 is 11.6 Å². The second-order valence-corrected chi connectivity index (χ2v) is 7.41. The van der Waals surface area contributed by atoms with Gasteiger partial charge in [0.1, 0.15) is 11.4 Å². The van der Waals surface area contributed by atoms with Crippen LogP contribution in [0.5, 0.6) is 5.75 Å². The molecule has 0 radical (unpaired) electrons. The van der Waals surface area contributed by atoms with E-state index >= 15 is 0 Å². The molecule has 0 aliphatic carbocycles. The quantitative estimate of drug-likeness (QED) is 0.408. The monoisotopic (exact) mass is 435 g/mol. The van der Waals surface area contributed by atoms with E-state index in [0.29, 0.717) is 5.95 Å². The van der Waals surface area contributed by atoms with Crippen molar-refractivity contribution in [2.45, 2.75) is 6.92 Å². The molecule has 3 aromatic heterocycles. The molecule has 0 saturated heterocycles. The highest BCUT2D eigenvalue weighted by atomic mass is 16.5. The van der Waals surface area contributed by atoms with Crippen LogP contribution in [0, 0.1) is 6.92 Å². The summed E-state index contributed by atoms with van der Waals surface area (Å²) in [7, 11) is 1.65. The second kappa shape index (κ2) is 8.88. The summed E-state index contributed by atoms with van der Waals surface area (Å²) < 4.78 is 7.05. The van der Waals surface area contributed by atoms with Crippen LogP contribution in [0.2, 0.25) is 0 Å². The first-order chi connectivity index (χ1) is 16.2. The number of ether oxygens (including phenoxy) is 1. The Balaban J connectivity index is 1.42. The Morgan fingerprint density at radius 3 is 2.67 bits per heavy atom. The summed E-state index contributed by atoms with van der Waals surface area (Å²) in [4.78, 5) is 13.2. The van der Waals surface area contributed by atoms with E-state index in [4.69, 9.17) is 4.74 Å². The molecule has 0 aliphatic rings. The molecule has 1 N–H and O–H groups in total. The van der Waals surface area contributed by atoms with Crippen molar-refractivity contribution in [2.75, 3.05) is 12.4 Å². The summed E-state index contributed by atoms with van der Waals surface area (Å²) in [5.41, 5.74) is 6.24. The third kappa shape index (κ3) is 4.40. The smallest absolute Gasteiger partial charge is 0.227 e. The van der Waals surface area contributed by atoms with Crippen LogP contribution in [0.1, 0.15) is 5.56 Å². The number of nitrogens with one attached hydrogen (secondary N) is 1. The number of aryl methyl sites for hydroxylation is 1. The second-order valence-electron chi connectivity index (χ2n) is 7.41. The minimum atomic E-state index is 0.507. The highest BCUT2D eigenvalue weighted by Gasteiger charge is 2.10. The van der Waals surface area contributed by atoms with Gasteiger partial charge in [0, 0.05) is 35.4 Å². The maximum Gasteiger partial charge on any atom is 0.227 e. The number of pyridine rings is 1. The van der Waals surface area contributed by atoms with Crippen LogP contribution in [0.3, 0.4) is 0 Å². The molecule has 8 nitrogen and oxygen atoms in total. The lowest BCUT2D eigenvalue weighted by Crippen LogP contribution is -2.02. The van der Waals surface area contributed by atoms with E-state index in [2.05, 4.69) is 30.6 Å². The largest absolute Gasteiger partial charge is 0.497 e. The molecule has 162 valence electrons. The van der Waals surface area contributed by atoms with E-state index in [1.807, 2.05) is 73.8 Å². The molecule has 2 aromatic carbocycles. The third-order valence-corrected chi connectivity index (χ3v) is 5.20. The highest BCUT2D eigenvalue weighted by molar-refractivity contribution is 5.65. The molecule has 0 spiro atoms. The van der Waals surface area contributed by atoms with Crippen LogP contribution in [-0.2, 0) is 0 Å². The van der Waals surface area contributed by atoms with Crippen molar-refractivity contribution in [3.05, 3.63) is 91.0 Å². The van der Waals surface area contributed by atoms with E-state index in [1.165, 1.54) is 0 Å². The van der Waals surface area contributed by atoms with Gasteiger partial charge in [-0.25, -0.2) is 14.6 Å². The molecule has 33 heavy (non-hydrogen) atoms. The average Bonchev–Trinajstić information content (AvgIpc) is 3.37. The SMILES string of the molecule is COc1cccc(-c2cn(-c3ccc(C)c(Nc4nccc(-c5cccnc5)n4)c3)nn2)c1. The number of rotatable bonds is 6. The molecular formula is C25H21N7O. The number of hydrogen-bond donors (Lipinski definition) is 1. The van der Waals surface area contributed by atoms with Gasteiger partial charge in [-0.2, -0.15) is 0 Å². The Morgan fingerprint density at radius 2 is 1.82 bits per heavy atom. The Morgan fingerprint density at radius 1 is 0.909 bits per heavy atom. The summed E-state index contributed by atoms with van der Waals surface area (Å²) in [6.07, 6.45) is 7.14. The molecule has 0 fully saturated rings. The van der Waals surface area contributed by atoms with Gasteiger partial charge in [-0.1, -0.05) is 23.4 Å². The van der Waals surface area contributed by atoms with Gasteiger partial charge >= 0.3 is 0 Å². The third-order valence-electron chi connectivity index (χ3n) is 5.20. The molecule has 3 heterocycles. The summed E-state index contributed by atoms with van der Waals surface area (Å²) in [6.45, 7) is 2.03. The lowest BCUT2D eigenvalue weighted by Gasteiger charge is -2.11. The fourth-order valence-corrected chi connectivity index (χ4v) is 3.41. The molecule has 0 saturated carbocycles. The lowest BCUT2D eigenvalue weighted by atomic mass is 10.1.